The van der Waals surface area contributed by atoms with Gasteiger partial charge in [-0.05, 0) is 31.7 Å². The van der Waals surface area contributed by atoms with E-state index < -0.39 is 0 Å². The number of nitrogens with zero attached hydrogens (tertiary/aromatic N) is 2. The van der Waals surface area contributed by atoms with Crippen LogP contribution >= 0.6 is 11.6 Å². The summed E-state index contributed by atoms with van der Waals surface area (Å²) >= 11 is 5.84. The van der Waals surface area contributed by atoms with Crippen LogP contribution in [0.3, 0.4) is 0 Å². The first-order chi connectivity index (χ1) is 7.70. The summed E-state index contributed by atoms with van der Waals surface area (Å²) in [4.78, 5) is 0. The van der Waals surface area contributed by atoms with Crippen LogP contribution in [0.4, 0.5) is 0 Å². The summed E-state index contributed by atoms with van der Waals surface area (Å²) in [6, 6.07) is 8.55. The number of benzene rings is 1. The van der Waals surface area contributed by atoms with Crippen molar-refractivity contribution in [1.82, 2.24) is 15.1 Å². The molecule has 0 saturated heterocycles. The SMILES string of the molecule is CNC(C)c1cccc(-n2cc(Cl)cn2)c1. The molecule has 0 radical (unpaired) electrons. The third-order valence-electron chi connectivity index (χ3n) is 2.62. The van der Waals surface area contributed by atoms with E-state index in [1.165, 1.54) is 5.56 Å². The van der Waals surface area contributed by atoms with Gasteiger partial charge in [0.2, 0.25) is 0 Å². The van der Waals surface area contributed by atoms with Gasteiger partial charge in [0.15, 0.2) is 0 Å². The largest absolute Gasteiger partial charge is 0.313 e. The van der Waals surface area contributed by atoms with Gasteiger partial charge in [0.1, 0.15) is 0 Å². The van der Waals surface area contributed by atoms with E-state index in [0.717, 1.165) is 5.69 Å². The van der Waals surface area contributed by atoms with E-state index in [2.05, 4.69) is 29.5 Å². The Hall–Kier alpha value is -1.32. The second kappa shape index (κ2) is 4.68. The lowest BCUT2D eigenvalue weighted by atomic mass is 10.1. The Kier molecular flexibility index (Phi) is 3.27. The molecule has 0 spiro atoms. The van der Waals surface area contributed by atoms with Crippen LogP contribution in [-0.4, -0.2) is 16.8 Å². The summed E-state index contributed by atoms with van der Waals surface area (Å²) in [5, 5.41) is 8.03. The van der Waals surface area contributed by atoms with Crippen LogP contribution in [0.15, 0.2) is 36.7 Å². The molecule has 2 rings (SSSR count). The van der Waals surface area contributed by atoms with Crippen molar-refractivity contribution in [2.45, 2.75) is 13.0 Å². The molecule has 1 atom stereocenters. The molecule has 0 amide bonds. The molecule has 1 unspecified atom stereocenters. The molecule has 1 aromatic carbocycles. The summed E-state index contributed by atoms with van der Waals surface area (Å²) in [6.45, 7) is 2.12. The highest BCUT2D eigenvalue weighted by atomic mass is 35.5. The fraction of sp³-hybridized carbons (Fsp3) is 0.250. The lowest BCUT2D eigenvalue weighted by Crippen LogP contribution is -2.12. The first kappa shape index (κ1) is 11.2. The first-order valence-corrected chi connectivity index (χ1v) is 5.56. The van der Waals surface area contributed by atoms with E-state index in [0.29, 0.717) is 11.1 Å². The van der Waals surface area contributed by atoms with Gasteiger partial charge < -0.3 is 5.32 Å². The van der Waals surface area contributed by atoms with Crippen LogP contribution in [0.5, 0.6) is 0 Å². The van der Waals surface area contributed by atoms with Crippen molar-refractivity contribution in [1.29, 1.82) is 0 Å². The van der Waals surface area contributed by atoms with E-state index >= 15 is 0 Å². The summed E-state index contributed by atoms with van der Waals surface area (Å²) in [7, 11) is 1.95. The smallest absolute Gasteiger partial charge is 0.0790 e. The average Bonchev–Trinajstić information content (AvgIpc) is 2.75. The molecule has 84 valence electrons. The van der Waals surface area contributed by atoms with Crippen LogP contribution < -0.4 is 5.32 Å². The van der Waals surface area contributed by atoms with Crippen LogP contribution in [0, 0.1) is 0 Å². The molecule has 0 bridgehead atoms. The van der Waals surface area contributed by atoms with Gasteiger partial charge in [-0.1, -0.05) is 23.7 Å². The maximum absolute atomic E-state index is 5.84. The Bertz CT molecular complexity index is 479. The monoisotopic (exact) mass is 235 g/mol. The molecule has 1 N–H and O–H groups in total. The molecular formula is C12H14ClN3. The van der Waals surface area contributed by atoms with E-state index in [1.54, 1.807) is 17.1 Å². The minimum absolute atomic E-state index is 0.325. The van der Waals surface area contributed by atoms with Crippen LogP contribution in [-0.2, 0) is 0 Å². The maximum Gasteiger partial charge on any atom is 0.0790 e. The first-order valence-electron chi connectivity index (χ1n) is 5.18. The number of hydrogen-bond acceptors (Lipinski definition) is 2. The zero-order valence-corrected chi connectivity index (χ0v) is 10.1. The number of hydrogen-bond donors (Lipinski definition) is 1. The number of aromatic nitrogens is 2. The highest BCUT2D eigenvalue weighted by Gasteiger charge is 2.04. The molecule has 4 heteroatoms. The molecule has 0 aliphatic heterocycles. The number of halogens is 1. The fourth-order valence-corrected chi connectivity index (χ4v) is 1.68. The predicted molar refractivity (Wildman–Crippen MR) is 66.0 cm³/mol. The van der Waals surface area contributed by atoms with Crippen molar-refractivity contribution in [2.75, 3.05) is 7.05 Å². The number of rotatable bonds is 3. The standard InChI is InChI=1S/C12H14ClN3/c1-9(14-2)10-4-3-5-12(6-10)16-8-11(13)7-15-16/h3-9,14H,1-2H3. The van der Waals surface area contributed by atoms with Gasteiger partial charge in [0.05, 0.1) is 16.9 Å². The van der Waals surface area contributed by atoms with E-state index in [4.69, 9.17) is 11.6 Å². The van der Waals surface area contributed by atoms with Gasteiger partial charge in [-0.25, -0.2) is 4.68 Å². The molecule has 1 heterocycles. The van der Waals surface area contributed by atoms with Crippen molar-refractivity contribution < 1.29 is 0 Å². The Morgan fingerprint density at radius 1 is 1.44 bits per heavy atom. The highest BCUT2D eigenvalue weighted by Crippen LogP contribution is 2.17. The molecule has 16 heavy (non-hydrogen) atoms. The third kappa shape index (κ3) is 2.26. The third-order valence-corrected chi connectivity index (χ3v) is 2.81. The zero-order chi connectivity index (χ0) is 11.5. The molecule has 0 aliphatic carbocycles. The van der Waals surface area contributed by atoms with Crippen LogP contribution in [0.1, 0.15) is 18.5 Å². The maximum atomic E-state index is 5.84. The highest BCUT2D eigenvalue weighted by molar-refractivity contribution is 6.30. The Labute approximate surface area is 100 Å². The van der Waals surface area contributed by atoms with Crippen molar-refractivity contribution in [3.05, 3.63) is 47.2 Å². The molecule has 0 aliphatic rings. The Morgan fingerprint density at radius 2 is 2.25 bits per heavy atom. The molecule has 0 saturated carbocycles. The fourth-order valence-electron chi connectivity index (χ4n) is 1.55. The second-order valence-corrected chi connectivity index (χ2v) is 4.14. The molecular weight excluding hydrogens is 222 g/mol. The quantitative estimate of drug-likeness (QED) is 0.887. The second-order valence-electron chi connectivity index (χ2n) is 3.71. The number of nitrogens with one attached hydrogen (secondary N) is 1. The predicted octanol–water partition coefficient (Wildman–Crippen LogP) is 2.81. The van der Waals surface area contributed by atoms with Gasteiger partial charge in [-0.2, -0.15) is 5.10 Å². The molecule has 1 aromatic heterocycles. The average molecular weight is 236 g/mol. The van der Waals surface area contributed by atoms with E-state index in [-0.39, 0.29) is 0 Å². The van der Waals surface area contributed by atoms with E-state index in [9.17, 15) is 0 Å². The lowest BCUT2D eigenvalue weighted by Gasteiger charge is -2.11. The molecule has 2 aromatic rings. The van der Waals surface area contributed by atoms with Gasteiger partial charge >= 0.3 is 0 Å². The summed E-state index contributed by atoms with van der Waals surface area (Å²) in [6.07, 6.45) is 3.43. The van der Waals surface area contributed by atoms with Crippen LogP contribution in [0.2, 0.25) is 5.02 Å². The van der Waals surface area contributed by atoms with Crippen LogP contribution in [0.25, 0.3) is 5.69 Å². The minimum atomic E-state index is 0.325. The van der Waals surface area contributed by atoms with Crippen molar-refractivity contribution in [3.8, 4) is 5.69 Å². The lowest BCUT2D eigenvalue weighted by molar-refractivity contribution is 0.651. The van der Waals surface area contributed by atoms with Crippen molar-refractivity contribution in [2.24, 2.45) is 0 Å². The Balaban J connectivity index is 2.36. The summed E-state index contributed by atoms with van der Waals surface area (Å²) in [5.41, 5.74) is 2.25. The van der Waals surface area contributed by atoms with Gasteiger partial charge in [-0.15, -0.1) is 0 Å². The molecule has 0 fully saturated rings. The van der Waals surface area contributed by atoms with E-state index in [1.807, 2.05) is 19.2 Å². The summed E-state index contributed by atoms with van der Waals surface area (Å²) < 4.78 is 1.77. The zero-order valence-electron chi connectivity index (χ0n) is 9.31. The van der Waals surface area contributed by atoms with Crippen molar-refractivity contribution >= 4 is 11.6 Å². The topological polar surface area (TPSA) is 29.9 Å². The van der Waals surface area contributed by atoms with Gasteiger partial charge in [-0.3, -0.25) is 0 Å². The Morgan fingerprint density at radius 3 is 2.88 bits per heavy atom. The van der Waals surface area contributed by atoms with Crippen molar-refractivity contribution in [3.63, 3.8) is 0 Å². The summed E-state index contributed by atoms with van der Waals surface area (Å²) in [5.74, 6) is 0. The minimum Gasteiger partial charge on any atom is -0.313 e. The molecule has 3 nitrogen and oxygen atoms in total. The normalized spacial score (nSPS) is 12.7. The van der Waals surface area contributed by atoms with Gasteiger partial charge in [0, 0.05) is 12.2 Å². The van der Waals surface area contributed by atoms with Gasteiger partial charge in [0.25, 0.3) is 0 Å².